The Bertz CT molecular complexity index is 1080. The van der Waals surface area contributed by atoms with Crippen molar-refractivity contribution in [2.24, 2.45) is 0 Å². The molecular weight excluding hydrogens is 392 g/mol. The molecule has 4 aliphatic rings. The second kappa shape index (κ2) is 6.47. The van der Waals surface area contributed by atoms with Gasteiger partial charge in [-0.25, -0.2) is 4.79 Å². The number of aliphatic hydroxyl groups is 1. The first kappa shape index (κ1) is 19.1. The zero-order chi connectivity index (χ0) is 21.3. The number of aromatic nitrogens is 1. The zero-order valence-electron chi connectivity index (χ0n) is 17.4. The van der Waals surface area contributed by atoms with Crippen molar-refractivity contribution >= 4 is 11.8 Å². The minimum absolute atomic E-state index is 0.100. The number of nitrogens with zero attached hydrogens (tertiary/aromatic N) is 1. The molecule has 1 aromatic carbocycles. The number of ether oxygens (including phenoxy) is 1. The molecule has 6 heteroatoms. The van der Waals surface area contributed by atoms with Gasteiger partial charge < -0.3 is 15.2 Å². The second-order valence-electron chi connectivity index (χ2n) is 9.62. The van der Waals surface area contributed by atoms with Crippen LogP contribution in [0, 0.1) is 0 Å². The van der Waals surface area contributed by atoms with Crippen LogP contribution < -0.4 is 5.32 Å². The van der Waals surface area contributed by atoms with Gasteiger partial charge in [0.1, 0.15) is 5.69 Å². The van der Waals surface area contributed by atoms with Crippen molar-refractivity contribution in [2.45, 2.75) is 61.6 Å². The topological polar surface area (TPSA) is 88.5 Å². The monoisotopic (exact) mass is 418 g/mol. The van der Waals surface area contributed by atoms with E-state index in [1.165, 1.54) is 0 Å². The van der Waals surface area contributed by atoms with E-state index in [0.717, 1.165) is 61.8 Å². The molecule has 6 rings (SSSR count). The van der Waals surface area contributed by atoms with Crippen molar-refractivity contribution in [1.82, 2.24) is 10.3 Å². The van der Waals surface area contributed by atoms with Crippen LogP contribution in [-0.2, 0) is 21.4 Å². The molecule has 31 heavy (non-hydrogen) atoms. The first-order valence-electron chi connectivity index (χ1n) is 11.3. The highest BCUT2D eigenvalue weighted by atomic mass is 16.6. The third-order valence-electron chi connectivity index (χ3n) is 7.86. The number of hydrogen-bond donors (Lipinski definition) is 2. The highest BCUT2D eigenvalue weighted by molar-refractivity contribution is 6.12. The molecule has 6 nitrogen and oxygen atoms in total. The fraction of sp³-hybridized carbons (Fsp3) is 0.480. The Morgan fingerprint density at radius 1 is 1.00 bits per heavy atom. The van der Waals surface area contributed by atoms with E-state index in [4.69, 9.17) is 4.74 Å². The van der Waals surface area contributed by atoms with Crippen molar-refractivity contribution in [3.8, 4) is 0 Å². The Kier molecular flexibility index (Phi) is 3.99. The molecule has 2 N–H and O–H groups in total. The molecule has 0 amide bonds. The summed E-state index contributed by atoms with van der Waals surface area (Å²) in [5, 5.41) is 14.1. The zero-order valence-corrected chi connectivity index (χ0v) is 17.4. The van der Waals surface area contributed by atoms with Crippen LogP contribution in [0.3, 0.4) is 0 Å². The summed E-state index contributed by atoms with van der Waals surface area (Å²) in [5.74, 6) is -0.540. The van der Waals surface area contributed by atoms with E-state index in [1.54, 1.807) is 6.20 Å². The first-order chi connectivity index (χ1) is 15.0. The normalized spacial score (nSPS) is 27.3. The molecule has 2 saturated carbocycles. The van der Waals surface area contributed by atoms with Gasteiger partial charge in [0.25, 0.3) is 0 Å². The minimum Gasteiger partial charge on any atom is -0.449 e. The van der Waals surface area contributed by atoms with Crippen LogP contribution in [-0.4, -0.2) is 34.9 Å². The molecule has 2 aliphatic heterocycles. The summed E-state index contributed by atoms with van der Waals surface area (Å²) in [7, 11) is 0. The number of rotatable bonds is 4. The lowest BCUT2D eigenvalue weighted by Gasteiger charge is -2.24. The van der Waals surface area contributed by atoms with Gasteiger partial charge in [-0.1, -0.05) is 37.1 Å². The van der Waals surface area contributed by atoms with Crippen LogP contribution in [0.1, 0.15) is 82.5 Å². The molecule has 1 unspecified atom stereocenters. The van der Waals surface area contributed by atoms with E-state index in [0.29, 0.717) is 18.5 Å². The summed E-state index contributed by atoms with van der Waals surface area (Å²) in [6, 6.07) is 9.69. The highest BCUT2D eigenvalue weighted by Crippen LogP contribution is 2.52. The predicted octanol–water partition coefficient (Wildman–Crippen LogP) is 3.12. The lowest BCUT2D eigenvalue weighted by molar-refractivity contribution is 0.00157. The predicted molar refractivity (Wildman–Crippen MR) is 113 cm³/mol. The van der Waals surface area contributed by atoms with Crippen LogP contribution in [0.5, 0.6) is 0 Å². The number of Topliss-reactive ketones (excluding diaryl/α,β-unsaturated/α-hetero) is 1. The van der Waals surface area contributed by atoms with Gasteiger partial charge in [0.05, 0.1) is 16.6 Å². The number of nitrogens with one attached hydrogen (secondary N) is 1. The molecule has 2 aromatic rings. The lowest BCUT2D eigenvalue weighted by atomic mass is 9.84. The Balaban J connectivity index is 1.35. The smallest absolute Gasteiger partial charge is 0.341 e. The number of esters is 1. The van der Waals surface area contributed by atoms with Crippen LogP contribution in [0.4, 0.5) is 0 Å². The van der Waals surface area contributed by atoms with Gasteiger partial charge >= 0.3 is 5.97 Å². The number of carbonyl (C=O) groups is 2. The fourth-order valence-electron chi connectivity index (χ4n) is 5.84. The Morgan fingerprint density at radius 2 is 1.71 bits per heavy atom. The van der Waals surface area contributed by atoms with Crippen LogP contribution in [0.2, 0.25) is 0 Å². The number of ketones is 1. The number of hydrogen-bond acceptors (Lipinski definition) is 6. The Morgan fingerprint density at radius 3 is 2.35 bits per heavy atom. The molecule has 2 aliphatic carbocycles. The number of pyridine rings is 1. The van der Waals surface area contributed by atoms with E-state index in [2.05, 4.69) is 10.3 Å². The summed E-state index contributed by atoms with van der Waals surface area (Å²) < 4.78 is 5.77. The van der Waals surface area contributed by atoms with E-state index in [-0.39, 0.29) is 11.5 Å². The molecule has 0 bridgehead atoms. The van der Waals surface area contributed by atoms with Gasteiger partial charge in [-0.3, -0.25) is 9.78 Å². The largest absolute Gasteiger partial charge is 0.449 e. The van der Waals surface area contributed by atoms with Gasteiger partial charge in [-0.15, -0.1) is 0 Å². The number of benzene rings is 1. The van der Waals surface area contributed by atoms with Crippen molar-refractivity contribution in [3.63, 3.8) is 0 Å². The first-order valence-corrected chi connectivity index (χ1v) is 11.3. The third-order valence-corrected chi connectivity index (χ3v) is 7.86. The van der Waals surface area contributed by atoms with Gasteiger partial charge in [0.15, 0.2) is 11.4 Å². The SMILES string of the molecule is O=C1OC2(CCNC2)c2ccnc(C(=O)C3(c4ccc(C5(O)CCCC5)cc4)CC3)c21. The van der Waals surface area contributed by atoms with E-state index in [1.807, 2.05) is 30.3 Å². The van der Waals surface area contributed by atoms with Gasteiger partial charge in [0.2, 0.25) is 0 Å². The van der Waals surface area contributed by atoms with Gasteiger partial charge in [0, 0.05) is 24.7 Å². The molecule has 0 radical (unpaired) electrons. The Hall–Kier alpha value is -2.57. The maximum Gasteiger partial charge on any atom is 0.341 e. The van der Waals surface area contributed by atoms with Crippen LogP contribution >= 0.6 is 0 Å². The van der Waals surface area contributed by atoms with Crippen LogP contribution in [0.15, 0.2) is 36.5 Å². The summed E-state index contributed by atoms with van der Waals surface area (Å²) in [4.78, 5) is 30.9. The van der Waals surface area contributed by atoms with E-state index >= 15 is 0 Å². The summed E-state index contributed by atoms with van der Waals surface area (Å²) in [6.07, 6.45) is 7.47. The van der Waals surface area contributed by atoms with Gasteiger partial charge in [-0.2, -0.15) is 0 Å². The van der Waals surface area contributed by atoms with E-state index < -0.39 is 22.6 Å². The highest BCUT2D eigenvalue weighted by Gasteiger charge is 2.55. The maximum atomic E-state index is 13.7. The summed E-state index contributed by atoms with van der Waals surface area (Å²) in [5.41, 5.74) is 1.19. The van der Waals surface area contributed by atoms with Crippen molar-refractivity contribution in [1.29, 1.82) is 0 Å². The average Bonchev–Trinajstić information content (AvgIpc) is 3.11. The maximum absolute atomic E-state index is 13.7. The molecule has 3 fully saturated rings. The average molecular weight is 418 g/mol. The molecule has 1 saturated heterocycles. The molecule has 160 valence electrons. The number of fused-ring (bicyclic) bond motifs is 2. The molecule has 1 spiro atoms. The molecule has 3 heterocycles. The van der Waals surface area contributed by atoms with E-state index in [9.17, 15) is 14.7 Å². The van der Waals surface area contributed by atoms with Crippen LogP contribution in [0.25, 0.3) is 0 Å². The summed E-state index contributed by atoms with van der Waals surface area (Å²) >= 11 is 0. The molecule has 1 atom stereocenters. The van der Waals surface area contributed by atoms with Crippen molar-refractivity contribution in [3.05, 3.63) is 64.5 Å². The number of carbonyl (C=O) groups excluding carboxylic acids is 2. The minimum atomic E-state index is -0.742. The molecule has 1 aromatic heterocycles. The Labute approximate surface area is 181 Å². The quantitative estimate of drug-likeness (QED) is 0.586. The van der Waals surface area contributed by atoms with Crippen molar-refractivity contribution in [2.75, 3.05) is 13.1 Å². The van der Waals surface area contributed by atoms with Crippen molar-refractivity contribution < 1.29 is 19.4 Å². The summed E-state index contributed by atoms with van der Waals surface area (Å²) in [6.45, 7) is 1.35. The lowest BCUT2D eigenvalue weighted by Crippen LogP contribution is -2.29. The third kappa shape index (κ3) is 2.68. The standard InChI is InChI=1S/C25H26N2O4/c28-21(20-19-18(7-13-27-20)25(31-22(19)29)12-14-26-15-25)23(10-11-23)16-3-5-17(6-4-16)24(30)8-1-2-9-24/h3-7,13,26,30H,1-2,8-12,14-15H2. The van der Waals surface area contributed by atoms with Gasteiger partial charge in [-0.05, 0) is 49.4 Å². The second-order valence-corrected chi connectivity index (χ2v) is 9.62. The fourth-order valence-corrected chi connectivity index (χ4v) is 5.84. The molecular formula is C25H26N2O4.